The maximum atomic E-state index is 12.3. The summed E-state index contributed by atoms with van der Waals surface area (Å²) in [6, 6.07) is 12.8. The van der Waals surface area contributed by atoms with Crippen molar-refractivity contribution in [3.8, 4) is 23.0 Å². The molecule has 0 saturated carbocycles. The van der Waals surface area contributed by atoms with Crippen LogP contribution in [-0.4, -0.2) is 38.2 Å². The fourth-order valence-electron chi connectivity index (χ4n) is 2.75. The van der Waals surface area contributed by atoms with Crippen molar-refractivity contribution in [2.45, 2.75) is 19.0 Å². The van der Waals surface area contributed by atoms with Gasteiger partial charge in [0.05, 0.1) is 24.3 Å². The molecular weight excluding hydrogens is 406 g/mol. The largest absolute Gasteiger partial charge is 0.494 e. The number of amides is 1. The fraction of sp³-hybridized carbons (Fsp3) is 0.200. The summed E-state index contributed by atoms with van der Waals surface area (Å²) in [6.45, 7) is 4.28. The van der Waals surface area contributed by atoms with E-state index in [0.717, 1.165) is 11.4 Å². The van der Waals surface area contributed by atoms with E-state index >= 15 is 0 Å². The van der Waals surface area contributed by atoms with Crippen molar-refractivity contribution in [2.75, 3.05) is 17.7 Å². The summed E-state index contributed by atoms with van der Waals surface area (Å²) in [4.78, 5) is 12.3. The van der Waals surface area contributed by atoms with Gasteiger partial charge in [0.15, 0.2) is 16.7 Å². The summed E-state index contributed by atoms with van der Waals surface area (Å²) < 4.78 is 17.8. The summed E-state index contributed by atoms with van der Waals surface area (Å²) in [5.41, 5.74) is 0.824. The second-order valence-electron chi connectivity index (χ2n) is 6.21. The van der Waals surface area contributed by atoms with Crippen molar-refractivity contribution in [1.82, 2.24) is 19.9 Å². The molecule has 0 radical (unpaired) electrons. The lowest BCUT2D eigenvalue weighted by molar-refractivity contribution is -0.113. The number of furan rings is 1. The lowest BCUT2D eigenvalue weighted by atomic mass is 10.3. The highest BCUT2D eigenvalue weighted by Gasteiger charge is 2.19. The van der Waals surface area contributed by atoms with E-state index in [9.17, 15) is 4.79 Å². The Labute approximate surface area is 176 Å². The monoisotopic (exact) mass is 425 g/mol. The zero-order chi connectivity index (χ0) is 20.9. The third kappa shape index (κ3) is 4.38. The number of nitrogens with one attached hydrogen (secondary N) is 1. The number of aryl methyl sites for hydroxylation is 1. The van der Waals surface area contributed by atoms with E-state index in [1.165, 1.54) is 11.8 Å². The van der Waals surface area contributed by atoms with Gasteiger partial charge in [-0.1, -0.05) is 16.9 Å². The van der Waals surface area contributed by atoms with Crippen LogP contribution in [0.25, 0.3) is 17.3 Å². The molecule has 3 aromatic heterocycles. The number of hydrogen-bond acceptors (Lipinski definition) is 8. The van der Waals surface area contributed by atoms with E-state index < -0.39 is 0 Å². The Hall–Kier alpha value is -3.53. The van der Waals surface area contributed by atoms with E-state index in [1.807, 2.05) is 41.8 Å². The van der Waals surface area contributed by atoms with Crippen LogP contribution in [0.15, 0.2) is 62.8 Å². The fourth-order valence-corrected chi connectivity index (χ4v) is 3.51. The maximum absolute atomic E-state index is 12.3. The first-order valence-electron chi connectivity index (χ1n) is 9.22. The topological polar surface area (TPSA) is 108 Å². The van der Waals surface area contributed by atoms with Gasteiger partial charge in [-0.15, -0.1) is 10.2 Å². The first kappa shape index (κ1) is 19.8. The standard InChI is InChI=1S/C20H19N5O4S/c1-3-27-15-8-6-14(7-9-15)25-19(16-5-4-10-28-16)22-23-20(25)30-12-18(26)21-17-11-13(2)29-24-17/h4-11H,3,12H2,1-2H3,(H,21,24,26). The van der Waals surface area contributed by atoms with Gasteiger partial charge in [0, 0.05) is 6.07 Å². The smallest absolute Gasteiger partial charge is 0.236 e. The molecule has 10 heteroatoms. The number of anilines is 1. The van der Waals surface area contributed by atoms with Crippen LogP contribution >= 0.6 is 11.8 Å². The molecule has 4 rings (SSSR count). The number of hydrogen-bond donors (Lipinski definition) is 1. The van der Waals surface area contributed by atoms with Crippen LogP contribution in [0.2, 0.25) is 0 Å². The van der Waals surface area contributed by atoms with Crippen LogP contribution in [0.3, 0.4) is 0 Å². The van der Waals surface area contributed by atoms with E-state index in [2.05, 4.69) is 20.7 Å². The van der Waals surface area contributed by atoms with Crippen LogP contribution in [0.5, 0.6) is 5.75 Å². The van der Waals surface area contributed by atoms with Crippen LogP contribution in [0.4, 0.5) is 5.82 Å². The van der Waals surface area contributed by atoms with Crippen LogP contribution in [0.1, 0.15) is 12.7 Å². The van der Waals surface area contributed by atoms with Crippen molar-refractivity contribution in [2.24, 2.45) is 0 Å². The van der Waals surface area contributed by atoms with Gasteiger partial charge < -0.3 is 19.0 Å². The summed E-state index contributed by atoms with van der Waals surface area (Å²) in [5.74, 6) is 2.78. The molecule has 1 amide bonds. The number of aromatic nitrogens is 4. The lowest BCUT2D eigenvalue weighted by Crippen LogP contribution is -2.14. The Bertz CT molecular complexity index is 1120. The molecule has 0 aliphatic rings. The molecule has 0 aliphatic heterocycles. The molecule has 9 nitrogen and oxygen atoms in total. The Balaban J connectivity index is 1.57. The highest BCUT2D eigenvalue weighted by atomic mass is 32.2. The zero-order valence-electron chi connectivity index (χ0n) is 16.4. The summed E-state index contributed by atoms with van der Waals surface area (Å²) in [6.07, 6.45) is 1.58. The average Bonchev–Trinajstić information content (AvgIpc) is 3.48. The zero-order valence-corrected chi connectivity index (χ0v) is 17.2. The van der Waals surface area contributed by atoms with E-state index in [0.29, 0.717) is 34.9 Å². The van der Waals surface area contributed by atoms with Gasteiger partial charge in [0.25, 0.3) is 0 Å². The molecule has 0 atom stereocenters. The van der Waals surface area contributed by atoms with Gasteiger partial charge in [-0.25, -0.2) is 0 Å². The van der Waals surface area contributed by atoms with Crippen LogP contribution in [0, 0.1) is 6.92 Å². The highest BCUT2D eigenvalue weighted by molar-refractivity contribution is 7.99. The highest BCUT2D eigenvalue weighted by Crippen LogP contribution is 2.29. The number of ether oxygens (including phenoxy) is 1. The lowest BCUT2D eigenvalue weighted by Gasteiger charge is -2.10. The Kier molecular flexibility index (Phi) is 5.84. The first-order chi connectivity index (χ1) is 14.6. The van der Waals surface area contributed by atoms with Gasteiger partial charge in [0.2, 0.25) is 11.7 Å². The molecule has 154 valence electrons. The second kappa shape index (κ2) is 8.87. The third-order valence-corrected chi connectivity index (χ3v) is 4.94. The van der Waals surface area contributed by atoms with Gasteiger partial charge in [-0.2, -0.15) is 0 Å². The minimum atomic E-state index is -0.228. The van der Waals surface area contributed by atoms with Crippen molar-refractivity contribution in [3.05, 3.63) is 54.5 Å². The van der Waals surface area contributed by atoms with E-state index in [4.69, 9.17) is 13.7 Å². The molecule has 0 unspecified atom stereocenters. The summed E-state index contributed by atoms with van der Waals surface area (Å²) in [5, 5.41) is 15.5. The van der Waals surface area contributed by atoms with E-state index in [1.54, 1.807) is 25.3 Å². The molecule has 1 aromatic carbocycles. The molecule has 0 saturated heterocycles. The van der Waals surface area contributed by atoms with Crippen LogP contribution < -0.4 is 10.1 Å². The molecule has 30 heavy (non-hydrogen) atoms. The number of nitrogens with zero attached hydrogens (tertiary/aromatic N) is 4. The van der Waals surface area contributed by atoms with E-state index in [-0.39, 0.29) is 11.7 Å². The van der Waals surface area contributed by atoms with Crippen molar-refractivity contribution >= 4 is 23.5 Å². The normalized spacial score (nSPS) is 10.9. The van der Waals surface area contributed by atoms with Gasteiger partial charge in [-0.3, -0.25) is 9.36 Å². The predicted molar refractivity (Wildman–Crippen MR) is 111 cm³/mol. The number of benzene rings is 1. The molecule has 1 N–H and O–H groups in total. The molecule has 3 heterocycles. The minimum Gasteiger partial charge on any atom is -0.494 e. The predicted octanol–water partition coefficient (Wildman–Crippen LogP) is 3.95. The van der Waals surface area contributed by atoms with Gasteiger partial charge >= 0.3 is 0 Å². The molecule has 0 bridgehead atoms. The Morgan fingerprint density at radius 1 is 1.23 bits per heavy atom. The molecular formula is C20H19N5O4S. The summed E-state index contributed by atoms with van der Waals surface area (Å²) >= 11 is 1.25. The van der Waals surface area contributed by atoms with Crippen molar-refractivity contribution in [1.29, 1.82) is 0 Å². The van der Waals surface area contributed by atoms with Gasteiger partial charge in [0.1, 0.15) is 11.5 Å². The molecule has 0 fully saturated rings. The van der Waals surface area contributed by atoms with Gasteiger partial charge in [-0.05, 0) is 50.2 Å². The number of carbonyl (C=O) groups is 1. The SMILES string of the molecule is CCOc1ccc(-n2c(SCC(=O)Nc3cc(C)on3)nnc2-c2ccco2)cc1. The van der Waals surface area contributed by atoms with Crippen molar-refractivity contribution < 1.29 is 18.5 Å². The Morgan fingerprint density at radius 3 is 2.73 bits per heavy atom. The summed E-state index contributed by atoms with van der Waals surface area (Å²) in [7, 11) is 0. The maximum Gasteiger partial charge on any atom is 0.236 e. The number of rotatable bonds is 8. The number of carbonyl (C=O) groups excluding carboxylic acids is 1. The molecule has 0 spiro atoms. The second-order valence-corrected chi connectivity index (χ2v) is 7.15. The van der Waals surface area contributed by atoms with Crippen LogP contribution in [-0.2, 0) is 4.79 Å². The van der Waals surface area contributed by atoms with Crippen molar-refractivity contribution in [3.63, 3.8) is 0 Å². The average molecular weight is 425 g/mol. The minimum absolute atomic E-state index is 0.124. The molecule has 0 aliphatic carbocycles. The third-order valence-electron chi connectivity index (χ3n) is 4.01. The Morgan fingerprint density at radius 2 is 2.07 bits per heavy atom. The quantitative estimate of drug-likeness (QED) is 0.423. The number of thioether (sulfide) groups is 1. The first-order valence-corrected chi connectivity index (χ1v) is 10.2. The molecule has 4 aromatic rings.